The molecule has 0 unspecified atom stereocenters. The number of hydrogen-bond donors (Lipinski definition) is 1. The molecule has 1 N–H and O–H groups in total. The summed E-state index contributed by atoms with van der Waals surface area (Å²) in [6.45, 7) is 3.43. The minimum absolute atomic E-state index is 0.00437. The van der Waals surface area contributed by atoms with E-state index >= 15 is 0 Å². The minimum Gasteiger partial charge on any atom is -0.378 e. The van der Waals surface area contributed by atoms with Gasteiger partial charge in [-0.1, -0.05) is 0 Å². The first-order chi connectivity index (χ1) is 12.2. The fourth-order valence-electron chi connectivity index (χ4n) is 2.51. The summed E-state index contributed by atoms with van der Waals surface area (Å²) in [4.78, 5) is 12.5. The van der Waals surface area contributed by atoms with Crippen molar-refractivity contribution in [2.24, 2.45) is 0 Å². The van der Waals surface area contributed by atoms with Gasteiger partial charge in [0, 0.05) is 5.56 Å². The Morgan fingerprint density at radius 2 is 1.63 bits per heavy atom. The Bertz CT molecular complexity index is 799. The first kappa shape index (κ1) is 20.8. The molecule has 10 heteroatoms. The summed E-state index contributed by atoms with van der Waals surface area (Å²) < 4.78 is 82.9. The highest BCUT2D eigenvalue weighted by atomic mass is 19.4. The van der Waals surface area contributed by atoms with Crippen LogP contribution in [0.1, 0.15) is 35.3 Å². The highest BCUT2D eigenvalue weighted by Crippen LogP contribution is 2.36. The molecule has 0 atom stereocenters. The van der Waals surface area contributed by atoms with Crippen molar-refractivity contribution in [3.63, 3.8) is 0 Å². The predicted octanol–water partition coefficient (Wildman–Crippen LogP) is 4.08. The molecule has 1 aliphatic heterocycles. The average Bonchev–Trinajstić information content (AvgIpc) is 2.52. The highest BCUT2D eigenvalue weighted by Gasteiger charge is 2.38. The van der Waals surface area contributed by atoms with E-state index in [-0.39, 0.29) is 25.0 Å². The number of halogens is 6. The highest BCUT2D eigenvalue weighted by molar-refractivity contribution is 6.12. The molecular formula is C17H14F6N2O2. The Morgan fingerprint density at radius 1 is 1.11 bits per heavy atom. The van der Waals surface area contributed by atoms with Crippen LogP contribution in [0.5, 0.6) is 0 Å². The van der Waals surface area contributed by atoms with Gasteiger partial charge in [0.05, 0.1) is 35.6 Å². The Labute approximate surface area is 150 Å². The molecule has 0 bridgehead atoms. The monoisotopic (exact) mass is 392 g/mol. The van der Waals surface area contributed by atoms with E-state index in [1.807, 2.05) is 0 Å². The SMILES string of the molecule is CC1(C)COC/C(=C(\C#N)C(=O)c2cc(C(F)(F)F)cc(C(F)(F)F)c2)N1. The van der Waals surface area contributed by atoms with Crippen LogP contribution >= 0.6 is 0 Å². The number of nitrogens with zero attached hydrogens (tertiary/aromatic N) is 1. The number of hydrogen-bond acceptors (Lipinski definition) is 4. The van der Waals surface area contributed by atoms with Gasteiger partial charge in [0.15, 0.2) is 0 Å². The number of ether oxygens (including phenoxy) is 1. The quantitative estimate of drug-likeness (QED) is 0.357. The summed E-state index contributed by atoms with van der Waals surface area (Å²) in [6.07, 6.45) is -10.2. The number of nitrogens with one attached hydrogen (secondary N) is 1. The number of carbonyl (C=O) groups excluding carboxylic acids is 1. The molecule has 1 fully saturated rings. The van der Waals surface area contributed by atoms with Gasteiger partial charge in [0.2, 0.25) is 5.78 Å². The van der Waals surface area contributed by atoms with Gasteiger partial charge in [-0.15, -0.1) is 0 Å². The molecule has 0 amide bonds. The maximum Gasteiger partial charge on any atom is 0.416 e. The van der Waals surface area contributed by atoms with Gasteiger partial charge in [0.1, 0.15) is 11.6 Å². The number of morpholine rings is 1. The van der Waals surface area contributed by atoms with E-state index in [0.29, 0.717) is 12.1 Å². The van der Waals surface area contributed by atoms with Gasteiger partial charge in [-0.3, -0.25) is 4.79 Å². The average molecular weight is 392 g/mol. The number of carbonyl (C=O) groups is 1. The summed E-state index contributed by atoms with van der Waals surface area (Å²) >= 11 is 0. The van der Waals surface area contributed by atoms with E-state index in [2.05, 4.69) is 5.32 Å². The summed E-state index contributed by atoms with van der Waals surface area (Å²) in [5, 5.41) is 12.1. The van der Waals surface area contributed by atoms with Gasteiger partial charge in [-0.2, -0.15) is 31.6 Å². The molecule has 27 heavy (non-hydrogen) atoms. The molecule has 0 aromatic heterocycles. The van der Waals surface area contributed by atoms with Gasteiger partial charge in [-0.25, -0.2) is 0 Å². The second-order valence-corrected chi connectivity index (χ2v) is 6.59. The molecule has 0 spiro atoms. The molecule has 1 aliphatic rings. The first-order valence-corrected chi connectivity index (χ1v) is 7.58. The van der Waals surface area contributed by atoms with Gasteiger partial charge >= 0.3 is 12.4 Å². The summed E-state index contributed by atoms with van der Waals surface area (Å²) in [5.74, 6) is -1.25. The van der Waals surface area contributed by atoms with Crippen LogP contribution in [0.4, 0.5) is 26.3 Å². The largest absolute Gasteiger partial charge is 0.416 e. The Balaban J connectivity index is 2.59. The Hall–Kier alpha value is -2.54. The van der Waals surface area contributed by atoms with Crippen LogP contribution < -0.4 is 5.32 Å². The van der Waals surface area contributed by atoms with Crippen molar-refractivity contribution in [1.29, 1.82) is 5.26 Å². The molecule has 2 rings (SSSR count). The lowest BCUT2D eigenvalue weighted by molar-refractivity contribution is -0.143. The molecule has 0 radical (unpaired) electrons. The van der Waals surface area contributed by atoms with E-state index in [9.17, 15) is 36.4 Å². The molecule has 0 saturated carbocycles. The maximum atomic E-state index is 13.0. The first-order valence-electron chi connectivity index (χ1n) is 7.58. The second kappa shape index (κ2) is 6.88. The van der Waals surface area contributed by atoms with Crippen molar-refractivity contribution in [3.05, 3.63) is 46.2 Å². The molecule has 1 aromatic rings. The lowest BCUT2D eigenvalue weighted by Crippen LogP contribution is -2.48. The van der Waals surface area contributed by atoms with Crippen molar-refractivity contribution < 1.29 is 35.9 Å². The summed E-state index contributed by atoms with van der Waals surface area (Å²) in [7, 11) is 0. The van der Waals surface area contributed by atoms with Crippen LogP contribution in [-0.2, 0) is 17.1 Å². The Kier molecular flexibility index (Phi) is 5.30. The van der Waals surface area contributed by atoms with E-state index < -0.39 is 45.9 Å². The third-order valence-electron chi connectivity index (χ3n) is 3.69. The van der Waals surface area contributed by atoms with Crippen LogP contribution in [0.25, 0.3) is 0 Å². The molecule has 4 nitrogen and oxygen atoms in total. The van der Waals surface area contributed by atoms with E-state index in [1.165, 1.54) is 0 Å². The number of ketones is 1. The fourth-order valence-corrected chi connectivity index (χ4v) is 2.51. The van der Waals surface area contributed by atoms with Gasteiger partial charge in [-0.05, 0) is 32.0 Å². The Morgan fingerprint density at radius 3 is 2.04 bits per heavy atom. The van der Waals surface area contributed by atoms with Crippen molar-refractivity contribution >= 4 is 5.78 Å². The van der Waals surface area contributed by atoms with Crippen LogP contribution in [0.15, 0.2) is 29.5 Å². The number of allylic oxidation sites excluding steroid dienone is 1. The summed E-state index contributed by atoms with van der Waals surface area (Å²) in [6, 6.07) is 2.06. The molecular weight excluding hydrogens is 378 g/mol. The zero-order valence-electron chi connectivity index (χ0n) is 14.2. The molecule has 146 valence electrons. The lowest BCUT2D eigenvalue weighted by Gasteiger charge is -2.34. The van der Waals surface area contributed by atoms with Gasteiger partial charge in [0.25, 0.3) is 0 Å². The van der Waals surface area contributed by atoms with E-state index in [4.69, 9.17) is 4.74 Å². The molecule has 1 saturated heterocycles. The van der Waals surface area contributed by atoms with Crippen molar-refractivity contribution in [2.45, 2.75) is 31.7 Å². The molecule has 1 heterocycles. The lowest BCUT2D eigenvalue weighted by atomic mass is 9.96. The number of benzene rings is 1. The maximum absolute atomic E-state index is 13.0. The fraction of sp³-hybridized carbons (Fsp3) is 0.412. The van der Waals surface area contributed by atoms with E-state index in [1.54, 1.807) is 19.9 Å². The standard InChI is InChI=1S/C17H14F6N2O2/c1-15(2)8-27-7-13(25-15)12(6-24)14(26)9-3-10(16(18,19)20)5-11(4-9)17(21,22)23/h3-5,25H,7-8H2,1-2H3/b13-12-. The second-order valence-electron chi connectivity index (χ2n) is 6.59. The predicted molar refractivity (Wildman–Crippen MR) is 81.4 cm³/mol. The molecule has 0 aliphatic carbocycles. The minimum atomic E-state index is -5.09. The number of rotatable bonds is 2. The zero-order chi connectivity index (χ0) is 20.6. The van der Waals surface area contributed by atoms with E-state index in [0.717, 1.165) is 0 Å². The van der Waals surface area contributed by atoms with Crippen molar-refractivity contribution in [1.82, 2.24) is 5.32 Å². The third-order valence-corrected chi connectivity index (χ3v) is 3.69. The zero-order valence-corrected chi connectivity index (χ0v) is 14.2. The number of nitriles is 1. The number of Topliss-reactive ketones (excluding diaryl/α,β-unsaturated/α-hetero) is 1. The smallest absolute Gasteiger partial charge is 0.378 e. The molecule has 1 aromatic carbocycles. The number of alkyl halides is 6. The van der Waals surface area contributed by atoms with Crippen molar-refractivity contribution in [3.8, 4) is 6.07 Å². The van der Waals surface area contributed by atoms with Gasteiger partial charge < -0.3 is 10.1 Å². The van der Waals surface area contributed by atoms with Crippen LogP contribution in [0.2, 0.25) is 0 Å². The third kappa shape index (κ3) is 4.80. The van der Waals surface area contributed by atoms with Crippen LogP contribution in [0, 0.1) is 11.3 Å². The normalized spacial score (nSPS) is 19.1. The topological polar surface area (TPSA) is 62.1 Å². The summed E-state index contributed by atoms with van der Waals surface area (Å²) in [5.41, 5.74) is -5.40. The van der Waals surface area contributed by atoms with Crippen molar-refractivity contribution in [2.75, 3.05) is 13.2 Å². The van der Waals surface area contributed by atoms with Crippen LogP contribution in [0.3, 0.4) is 0 Å². The van der Waals surface area contributed by atoms with Crippen LogP contribution in [-0.4, -0.2) is 24.5 Å².